The van der Waals surface area contributed by atoms with Crippen LogP contribution in [0.5, 0.6) is 5.75 Å². The fourth-order valence-corrected chi connectivity index (χ4v) is 1.93. The highest BCUT2D eigenvalue weighted by atomic mass is 35.5. The third-order valence-corrected chi connectivity index (χ3v) is 3.13. The van der Waals surface area contributed by atoms with Crippen LogP contribution in [0.1, 0.15) is 11.1 Å². The molecule has 20 heavy (non-hydrogen) atoms. The van der Waals surface area contributed by atoms with E-state index < -0.39 is 5.82 Å². The maximum Gasteiger partial charge on any atom is 0.143 e. The average Bonchev–Trinajstić information content (AvgIpc) is 2.48. The Morgan fingerprint density at radius 1 is 1.35 bits per heavy atom. The van der Waals surface area contributed by atoms with Gasteiger partial charge in [-0.15, -0.1) is 0 Å². The third-order valence-electron chi connectivity index (χ3n) is 2.82. The Labute approximate surface area is 121 Å². The van der Waals surface area contributed by atoms with E-state index in [2.05, 4.69) is 11.4 Å². The van der Waals surface area contributed by atoms with Gasteiger partial charge in [0.15, 0.2) is 0 Å². The van der Waals surface area contributed by atoms with Gasteiger partial charge < -0.3 is 10.1 Å². The number of nitrogens with zero attached hydrogens (tertiary/aromatic N) is 1. The minimum absolute atomic E-state index is 0.0868. The average molecular weight is 291 g/mol. The number of hydrogen-bond donors (Lipinski definition) is 1. The van der Waals surface area contributed by atoms with Gasteiger partial charge in [-0.1, -0.05) is 23.7 Å². The Hall–Kier alpha value is -2.25. The van der Waals surface area contributed by atoms with Gasteiger partial charge >= 0.3 is 0 Å². The molecule has 0 aliphatic rings. The molecule has 2 aromatic carbocycles. The second-order valence-corrected chi connectivity index (χ2v) is 4.50. The summed E-state index contributed by atoms with van der Waals surface area (Å²) in [6.45, 7) is 0.364. The number of anilines is 1. The highest BCUT2D eigenvalue weighted by molar-refractivity contribution is 6.30. The summed E-state index contributed by atoms with van der Waals surface area (Å²) in [5, 5.41) is 12.3. The molecule has 0 radical (unpaired) electrons. The van der Waals surface area contributed by atoms with Crippen molar-refractivity contribution in [2.45, 2.75) is 6.54 Å². The summed E-state index contributed by atoms with van der Waals surface area (Å²) in [6, 6.07) is 11.9. The summed E-state index contributed by atoms with van der Waals surface area (Å²) >= 11 is 5.63. The highest BCUT2D eigenvalue weighted by Gasteiger charge is 2.09. The van der Waals surface area contributed by atoms with E-state index in [4.69, 9.17) is 21.6 Å². The monoisotopic (exact) mass is 290 g/mol. The summed E-state index contributed by atoms with van der Waals surface area (Å²) in [5.74, 6) is 0.102. The maximum atomic E-state index is 13.4. The van der Waals surface area contributed by atoms with E-state index in [-0.39, 0.29) is 5.02 Å². The molecular formula is C15H12ClFN2O. The van der Waals surface area contributed by atoms with Crippen molar-refractivity contribution < 1.29 is 9.13 Å². The van der Waals surface area contributed by atoms with Crippen molar-refractivity contribution in [1.29, 1.82) is 5.26 Å². The molecule has 0 heterocycles. The number of halogens is 2. The van der Waals surface area contributed by atoms with E-state index in [0.29, 0.717) is 23.5 Å². The van der Waals surface area contributed by atoms with Gasteiger partial charge in [0.2, 0.25) is 0 Å². The van der Waals surface area contributed by atoms with Crippen LogP contribution in [0, 0.1) is 17.1 Å². The summed E-state index contributed by atoms with van der Waals surface area (Å²) in [4.78, 5) is 0. The standard InChI is InChI=1S/C15H12ClFN2O/c1-20-14-4-2-3-11(8-18)15(14)19-9-10-5-6-12(16)13(17)7-10/h2-7,19H,9H2,1H3. The lowest BCUT2D eigenvalue weighted by atomic mass is 10.1. The molecule has 0 aliphatic heterocycles. The zero-order valence-corrected chi connectivity index (χ0v) is 11.5. The molecule has 0 bridgehead atoms. The van der Waals surface area contributed by atoms with Gasteiger partial charge in [-0.2, -0.15) is 5.26 Å². The Kier molecular flexibility index (Phi) is 4.44. The van der Waals surface area contributed by atoms with E-state index in [9.17, 15) is 4.39 Å². The van der Waals surface area contributed by atoms with Crippen LogP contribution < -0.4 is 10.1 Å². The molecule has 0 atom stereocenters. The van der Waals surface area contributed by atoms with E-state index in [1.807, 2.05) is 0 Å². The molecule has 0 unspecified atom stereocenters. The van der Waals surface area contributed by atoms with Gasteiger partial charge in [0, 0.05) is 6.54 Å². The Balaban J connectivity index is 2.22. The lowest BCUT2D eigenvalue weighted by molar-refractivity contribution is 0.416. The number of para-hydroxylation sites is 1. The molecule has 0 aromatic heterocycles. The molecule has 0 spiro atoms. The third kappa shape index (κ3) is 3.01. The van der Waals surface area contributed by atoms with Gasteiger partial charge in [-0.3, -0.25) is 0 Å². The van der Waals surface area contributed by atoms with Crippen LogP contribution in [-0.2, 0) is 6.54 Å². The van der Waals surface area contributed by atoms with Crippen molar-refractivity contribution in [2.75, 3.05) is 12.4 Å². The number of methoxy groups -OCH3 is 1. The second kappa shape index (κ2) is 6.27. The molecule has 3 nitrogen and oxygen atoms in total. The Morgan fingerprint density at radius 2 is 2.15 bits per heavy atom. The number of hydrogen-bond acceptors (Lipinski definition) is 3. The predicted octanol–water partition coefficient (Wildman–Crippen LogP) is 3.97. The zero-order chi connectivity index (χ0) is 14.5. The minimum atomic E-state index is -0.466. The number of ether oxygens (including phenoxy) is 1. The summed E-state index contributed by atoms with van der Waals surface area (Å²) in [7, 11) is 1.53. The normalized spacial score (nSPS) is 9.90. The molecule has 0 aliphatic carbocycles. The first-order valence-electron chi connectivity index (χ1n) is 5.90. The van der Waals surface area contributed by atoms with Crippen molar-refractivity contribution in [3.63, 3.8) is 0 Å². The van der Waals surface area contributed by atoms with Gasteiger partial charge in [-0.05, 0) is 29.8 Å². The number of benzene rings is 2. The van der Waals surface area contributed by atoms with E-state index >= 15 is 0 Å². The van der Waals surface area contributed by atoms with Gasteiger partial charge in [0.1, 0.15) is 17.6 Å². The van der Waals surface area contributed by atoms with Crippen LogP contribution in [-0.4, -0.2) is 7.11 Å². The number of rotatable bonds is 4. The van der Waals surface area contributed by atoms with E-state index in [1.165, 1.54) is 19.2 Å². The van der Waals surface area contributed by atoms with Crippen LogP contribution >= 0.6 is 11.6 Å². The summed E-state index contributed by atoms with van der Waals surface area (Å²) < 4.78 is 18.6. The Bertz CT molecular complexity index is 667. The minimum Gasteiger partial charge on any atom is -0.495 e. The fraction of sp³-hybridized carbons (Fsp3) is 0.133. The second-order valence-electron chi connectivity index (χ2n) is 4.10. The van der Waals surface area contributed by atoms with Gasteiger partial charge in [0.05, 0.1) is 23.4 Å². The van der Waals surface area contributed by atoms with Gasteiger partial charge in [-0.25, -0.2) is 4.39 Å². The van der Waals surface area contributed by atoms with Crippen molar-refractivity contribution in [3.8, 4) is 11.8 Å². The number of nitrogens with one attached hydrogen (secondary N) is 1. The molecule has 2 rings (SSSR count). The molecule has 2 aromatic rings. The molecule has 102 valence electrons. The molecule has 5 heteroatoms. The van der Waals surface area contributed by atoms with Crippen LogP contribution in [0.4, 0.5) is 10.1 Å². The lowest BCUT2D eigenvalue weighted by Gasteiger charge is -2.12. The number of nitriles is 1. The van der Waals surface area contributed by atoms with Crippen LogP contribution in [0.2, 0.25) is 5.02 Å². The van der Waals surface area contributed by atoms with Crippen LogP contribution in [0.15, 0.2) is 36.4 Å². The van der Waals surface area contributed by atoms with Crippen molar-refractivity contribution in [3.05, 3.63) is 58.4 Å². The maximum absolute atomic E-state index is 13.4. The SMILES string of the molecule is COc1cccc(C#N)c1NCc1ccc(Cl)c(F)c1. The first kappa shape index (κ1) is 14.2. The molecule has 0 amide bonds. The van der Waals surface area contributed by atoms with E-state index in [0.717, 1.165) is 5.56 Å². The first-order chi connectivity index (χ1) is 9.65. The first-order valence-corrected chi connectivity index (χ1v) is 6.28. The molecular weight excluding hydrogens is 279 g/mol. The van der Waals surface area contributed by atoms with Crippen LogP contribution in [0.3, 0.4) is 0 Å². The van der Waals surface area contributed by atoms with Crippen molar-refractivity contribution >= 4 is 17.3 Å². The molecule has 1 N–H and O–H groups in total. The highest BCUT2D eigenvalue weighted by Crippen LogP contribution is 2.28. The smallest absolute Gasteiger partial charge is 0.143 e. The van der Waals surface area contributed by atoms with E-state index in [1.54, 1.807) is 24.3 Å². The Morgan fingerprint density at radius 3 is 2.80 bits per heavy atom. The molecule has 0 saturated heterocycles. The lowest BCUT2D eigenvalue weighted by Crippen LogP contribution is -2.03. The topological polar surface area (TPSA) is 45.0 Å². The predicted molar refractivity (Wildman–Crippen MR) is 76.4 cm³/mol. The quantitative estimate of drug-likeness (QED) is 0.926. The summed E-state index contributed by atoms with van der Waals surface area (Å²) in [6.07, 6.45) is 0. The fourth-order valence-electron chi connectivity index (χ4n) is 1.82. The largest absolute Gasteiger partial charge is 0.495 e. The van der Waals surface area contributed by atoms with Crippen LogP contribution in [0.25, 0.3) is 0 Å². The molecule has 0 saturated carbocycles. The zero-order valence-electron chi connectivity index (χ0n) is 10.8. The van der Waals surface area contributed by atoms with Crippen molar-refractivity contribution in [1.82, 2.24) is 0 Å². The summed E-state index contributed by atoms with van der Waals surface area (Å²) in [5.41, 5.74) is 1.79. The van der Waals surface area contributed by atoms with Gasteiger partial charge in [0.25, 0.3) is 0 Å². The van der Waals surface area contributed by atoms with Crippen molar-refractivity contribution in [2.24, 2.45) is 0 Å². The molecule has 0 fully saturated rings.